The molecule has 1 heterocycles. The van der Waals surface area contributed by atoms with Crippen LogP contribution in [0.2, 0.25) is 0 Å². The molecule has 1 aliphatic carbocycles. The van der Waals surface area contributed by atoms with Crippen LogP contribution >= 0.6 is 0 Å². The summed E-state index contributed by atoms with van der Waals surface area (Å²) in [5.41, 5.74) is 1.50. The first-order valence-corrected chi connectivity index (χ1v) is 10.2. The van der Waals surface area contributed by atoms with Crippen LogP contribution < -0.4 is 15.5 Å². The predicted molar refractivity (Wildman–Crippen MR) is 107 cm³/mol. The summed E-state index contributed by atoms with van der Waals surface area (Å²) < 4.78 is 5.40. The lowest BCUT2D eigenvalue weighted by atomic mass is 9.83. The lowest BCUT2D eigenvalue weighted by molar-refractivity contribution is -0.128. The maximum atomic E-state index is 12.9. The van der Waals surface area contributed by atoms with Gasteiger partial charge in [0.2, 0.25) is 5.91 Å². The number of aliphatic hydroxyl groups excluding tert-OH is 1. The summed E-state index contributed by atoms with van der Waals surface area (Å²) >= 11 is 0. The minimum absolute atomic E-state index is 0.0171. The number of nitrogens with one attached hydrogen (secondary N) is 2. The Bertz CT molecular complexity index is 688. The Kier molecular flexibility index (Phi) is 6.91. The molecule has 154 valence electrons. The zero-order valence-corrected chi connectivity index (χ0v) is 16.7. The van der Waals surface area contributed by atoms with Crippen LogP contribution in [0, 0.1) is 5.92 Å². The van der Waals surface area contributed by atoms with Crippen LogP contribution in [0.1, 0.15) is 43.5 Å². The van der Waals surface area contributed by atoms with Gasteiger partial charge in [-0.2, -0.15) is 0 Å². The summed E-state index contributed by atoms with van der Waals surface area (Å²) in [6.45, 7) is 6.65. The van der Waals surface area contributed by atoms with Gasteiger partial charge in [-0.05, 0) is 45.2 Å². The van der Waals surface area contributed by atoms with E-state index in [-0.39, 0.29) is 29.8 Å². The van der Waals surface area contributed by atoms with Crippen LogP contribution in [0.15, 0.2) is 24.3 Å². The molecule has 0 radical (unpaired) electrons. The zero-order valence-electron chi connectivity index (χ0n) is 16.7. The number of benzene rings is 1. The Labute approximate surface area is 166 Å². The lowest BCUT2D eigenvalue weighted by Crippen LogP contribution is -2.49. The molecule has 7 nitrogen and oxygen atoms in total. The highest BCUT2D eigenvalue weighted by Gasteiger charge is 2.34. The molecule has 0 aromatic heterocycles. The quantitative estimate of drug-likeness (QED) is 0.706. The molecule has 1 aliphatic heterocycles. The maximum Gasteiger partial charge on any atom is 0.253 e. The van der Waals surface area contributed by atoms with Crippen molar-refractivity contribution >= 4 is 17.5 Å². The van der Waals surface area contributed by atoms with Crippen molar-refractivity contribution in [1.29, 1.82) is 0 Å². The van der Waals surface area contributed by atoms with E-state index in [1.165, 1.54) is 0 Å². The van der Waals surface area contributed by atoms with Crippen molar-refractivity contribution in [2.45, 2.75) is 51.3 Å². The van der Waals surface area contributed by atoms with Crippen LogP contribution in [-0.2, 0) is 9.53 Å². The first kappa shape index (κ1) is 20.6. The molecule has 3 rings (SSSR count). The number of ether oxygens (including phenoxy) is 1. The van der Waals surface area contributed by atoms with Crippen LogP contribution in [-0.4, -0.2) is 61.4 Å². The van der Waals surface area contributed by atoms with Crippen LogP contribution in [0.4, 0.5) is 5.69 Å². The molecule has 0 spiro atoms. The molecule has 28 heavy (non-hydrogen) atoms. The van der Waals surface area contributed by atoms with E-state index in [0.29, 0.717) is 38.0 Å². The molecule has 0 unspecified atom stereocenters. The Balaban J connectivity index is 1.62. The minimum Gasteiger partial charge on any atom is -0.391 e. The number of rotatable bonds is 5. The third kappa shape index (κ3) is 5.02. The van der Waals surface area contributed by atoms with Crippen molar-refractivity contribution in [3.63, 3.8) is 0 Å². The summed E-state index contributed by atoms with van der Waals surface area (Å²) in [4.78, 5) is 27.3. The molecule has 1 aromatic carbocycles. The summed E-state index contributed by atoms with van der Waals surface area (Å²) in [6.07, 6.45) is 0.888. The first-order chi connectivity index (χ1) is 13.5. The summed E-state index contributed by atoms with van der Waals surface area (Å²) in [5, 5.41) is 16.4. The van der Waals surface area contributed by atoms with Crippen molar-refractivity contribution in [2.24, 2.45) is 5.92 Å². The fourth-order valence-electron chi connectivity index (χ4n) is 3.95. The van der Waals surface area contributed by atoms with E-state index >= 15 is 0 Å². The number of carbonyl (C=O) groups excluding carboxylic acids is 2. The number of aliphatic hydroxyl groups is 1. The smallest absolute Gasteiger partial charge is 0.253 e. The molecular formula is C21H31N3O4. The largest absolute Gasteiger partial charge is 0.391 e. The highest BCUT2D eigenvalue weighted by atomic mass is 16.5. The first-order valence-electron chi connectivity index (χ1n) is 10.2. The molecule has 1 aromatic rings. The Morgan fingerprint density at radius 2 is 1.89 bits per heavy atom. The van der Waals surface area contributed by atoms with Crippen molar-refractivity contribution in [1.82, 2.24) is 10.6 Å². The van der Waals surface area contributed by atoms with Gasteiger partial charge in [-0.3, -0.25) is 9.59 Å². The molecule has 2 aliphatic rings. The number of anilines is 1. The van der Waals surface area contributed by atoms with Gasteiger partial charge in [-0.25, -0.2) is 0 Å². The fraction of sp³-hybridized carbons (Fsp3) is 0.619. The summed E-state index contributed by atoms with van der Waals surface area (Å²) in [7, 11) is 0. The number of para-hydroxylation sites is 1. The molecule has 3 N–H and O–H groups in total. The second-order valence-electron chi connectivity index (χ2n) is 7.94. The SMILES string of the molecule is CC(C)NC(=O)[C@H]1CC[C@@H](NC(=O)c2ccccc2N2CCOCC2)[C@H](O)C1. The van der Waals surface area contributed by atoms with Crippen LogP contribution in [0.5, 0.6) is 0 Å². The van der Waals surface area contributed by atoms with Crippen molar-refractivity contribution in [3.8, 4) is 0 Å². The third-order valence-electron chi connectivity index (χ3n) is 5.44. The molecule has 1 saturated heterocycles. The van der Waals surface area contributed by atoms with Crippen LogP contribution in [0.3, 0.4) is 0 Å². The van der Waals surface area contributed by atoms with E-state index in [4.69, 9.17) is 4.74 Å². The van der Waals surface area contributed by atoms with E-state index in [9.17, 15) is 14.7 Å². The molecule has 3 atom stereocenters. The van der Waals surface area contributed by atoms with E-state index in [0.717, 1.165) is 18.8 Å². The number of amides is 2. The van der Waals surface area contributed by atoms with E-state index in [1.54, 1.807) is 0 Å². The number of carbonyl (C=O) groups is 2. The van der Waals surface area contributed by atoms with Crippen LogP contribution in [0.25, 0.3) is 0 Å². The van der Waals surface area contributed by atoms with Gasteiger partial charge in [0.1, 0.15) is 0 Å². The Morgan fingerprint density at radius 1 is 1.18 bits per heavy atom. The molecule has 0 bridgehead atoms. The summed E-state index contributed by atoms with van der Waals surface area (Å²) in [5.74, 6) is -0.404. The second kappa shape index (κ2) is 9.39. The molecule has 2 amide bonds. The average Bonchev–Trinajstić information content (AvgIpc) is 2.69. The summed E-state index contributed by atoms with van der Waals surface area (Å²) in [6, 6.07) is 7.28. The zero-order chi connectivity index (χ0) is 20.1. The molecule has 1 saturated carbocycles. The highest BCUT2D eigenvalue weighted by molar-refractivity contribution is 6.00. The van der Waals surface area contributed by atoms with Gasteiger partial charge in [-0.15, -0.1) is 0 Å². The highest BCUT2D eigenvalue weighted by Crippen LogP contribution is 2.27. The van der Waals surface area contributed by atoms with Crippen molar-refractivity contribution in [2.75, 3.05) is 31.2 Å². The number of hydrogen-bond acceptors (Lipinski definition) is 5. The van der Waals surface area contributed by atoms with Crippen molar-refractivity contribution < 1.29 is 19.4 Å². The topological polar surface area (TPSA) is 90.9 Å². The monoisotopic (exact) mass is 389 g/mol. The Morgan fingerprint density at radius 3 is 2.57 bits per heavy atom. The van der Waals surface area contributed by atoms with Gasteiger partial charge in [-0.1, -0.05) is 12.1 Å². The maximum absolute atomic E-state index is 12.9. The van der Waals surface area contributed by atoms with Crippen molar-refractivity contribution in [3.05, 3.63) is 29.8 Å². The van der Waals surface area contributed by atoms with Gasteiger partial charge >= 0.3 is 0 Å². The predicted octanol–water partition coefficient (Wildman–Crippen LogP) is 1.31. The van der Waals surface area contributed by atoms with Gasteiger partial charge in [0, 0.05) is 30.7 Å². The van der Waals surface area contributed by atoms with E-state index < -0.39 is 6.10 Å². The van der Waals surface area contributed by atoms with Gasteiger partial charge < -0.3 is 25.4 Å². The third-order valence-corrected chi connectivity index (χ3v) is 5.44. The average molecular weight is 389 g/mol. The lowest BCUT2D eigenvalue weighted by Gasteiger charge is -2.34. The van der Waals surface area contributed by atoms with E-state index in [1.807, 2.05) is 38.1 Å². The second-order valence-corrected chi connectivity index (χ2v) is 7.94. The van der Waals surface area contributed by atoms with Gasteiger partial charge in [0.05, 0.1) is 30.9 Å². The standard InChI is InChI=1S/C21H31N3O4/c1-14(2)22-20(26)15-7-8-17(19(25)13-15)23-21(27)16-5-3-4-6-18(16)24-9-11-28-12-10-24/h3-6,14-15,17,19,25H,7-13H2,1-2H3,(H,22,26)(H,23,27)/t15-,17+,19+/m0/s1. The fourth-order valence-corrected chi connectivity index (χ4v) is 3.95. The van der Waals surface area contributed by atoms with E-state index in [2.05, 4.69) is 15.5 Å². The number of nitrogens with zero attached hydrogens (tertiary/aromatic N) is 1. The molecule has 2 fully saturated rings. The Hall–Kier alpha value is -2.12. The van der Waals surface area contributed by atoms with Gasteiger partial charge in [0.15, 0.2) is 0 Å². The normalized spacial score (nSPS) is 25.4. The number of hydrogen-bond donors (Lipinski definition) is 3. The molecule has 7 heteroatoms. The van der Waals surface area contributed by atoms with Gasteiger partial charge in [0.25, 0.3) is 5.91 Å². The molecular weight excluding hydrogens is 358 g/mol. The minimum atomic E-state index is -0.726. The number of morpholine rings is 1.